The molecular formula is C39H48O8. The number of benzene rings is 3. The molecule has 0 aliphatic heterocycles. The van der Waals surface area contributed by atoms with Crippen LogP contribution in [0.3, 0.4) is 0 Å². The summed E-state index contributed by atoms with van der Waals surface area (Å²) in [4.78, 5) is 25.5. The Morgan fingerprint density at radius 2 is 1.06 bits per heavy atom. The van der Waals surface area contributed by atoms with Gasteiger partial charge < -0.3 is 28.4 Å². The lowest BCUT2D eigenvalue weighted by Crippen LogP contribution is -2.11. The summed E-state index contributed by atoms with van der Waals surface area (Å²) in [6.07, 6.45) is 8.88. The number of hydrogen-bond donors (Lipinski definition) is 0. The van der Waals surface area contributed by atoms with Gasteiger partial charge in [0.2, 0.25) is 0 Å². The topological polar surface area (TPSA) is 89.5 Å². The van der Waals surface area contributed by atoms with Gasteiger partial charge in [-0.2, -0.15) is 0 Å². The Kier molecular flexibility index (Phi) is 16.0. The molecule has 3 aromatic carbocycles. The lowest BCUT2D eigenvalue weighted by molar-refractivity contribution is 0.0718. The molecule has 0 heterocycles. The minimum Gasteiger partial charge on any atom is -0.502 e. The first kappa shape index (κ1) is 36.7. The smallest absolute Gasteiger partial charge is 0.343 e. The van der Waals surface area contributed by atoms with Gasteiger partial charge in [0.15, 0.2) is 0 Å². The standard InChI is InChI=1S/C39H48O8/c1-6-42-24-8-10-29(3)22-26-44-34-16-12-32(13-17-34)38(40)46-36-20-21-37(31(5)28-36)47-39(41)33-14-18-35(19-15-33)45-27-23-30(4)11-9-25-43-7-2/h6-7,12-21,28-30H,1-2,8-11,22-27H2,3-5H3. The second kappa shape index (κ2) is 20.4. The second-order valence-corrected chi connectivity index (χ2v) is 11.6. The van der Waals surface area contributed by atoms with E-state index in [0.717, 1.165) is 38.5 Å². The van der Waals surface area contributed by atoms with Gasteiger partial charge in [0.05, 0.1) is 50.1 Å². The van der Waals surface area contributed by atoms with E-state index >= 15 is 0 Å². The zero-order valence-corrected chi connectivity index (χ0v) is 27.9. The van der Waals surface area contributed by atoms with Gasteiger partial charge in [0.1, 0.15) is 23.0 Å². The van der Waals surface area contributed by atoms with Crippen molar-refractivity contribution in [1.82, 2.24) is 0 Å². The van der Waals surface area contributed by atoms with Crippen molar-refractivity contribution in [2.75, 3.05) is 26.4 Å². The van der Waals surface area contributed by atoms with E-state index < -0.39 is 11.9 Å². The van der Waals surface area contributed by atoms with Crippen LogP contribution in [0, 0.1) is 18.8 Å². The summed E-state index contributed by atoms with van der Waals surface area (Å²) in [7, 11) is 0. The summed E-state index contributed by atoms with van der Waals surface area (Å²) in [6, 6.07) is 18.6. The lowest BCUT2D eigenvalue weighted by atomic mass is 10.0. The largest absolute Gasteiger partial charge is 0.502 e. The second-order valence-electron chi connectivity index (χ2n) is 11.6. The molecule has 0 N–H and O–H groups in total. The van der Waals surface area contributed by atoms with Crippen molar-refractivity contribution in [1.29, 1.82) is 0 Å². The summed E-state index contributed by atoms with van der Waals surface area (Å²) >= 11 is 0. The molecular weight excluding hydrogens is 596 g/mol. The van der Waals surface area contributed by atoms with Gasteiger partial charge in [-0.05, 0) is 130 Å². The highest BCUT2D eigenvalue weighted by molar-refractivity contribution is 5.92. The summed E-state index contributed by atoms with van der Waals surface area (Å²) < 4.78 is 33.2. The van der Waals surface area contributed by atoms with Crippen LogP contribution in [0.25, 0.3) is 0 Å². The molecule has 8 heteroatoms. The van der Waals surface area contributed by atoms with Gasteiger partial charge in [-0.1, -0.05) is 27.0 Å². The molecule has 3 aromatic rings. The minimum atomic E-state index is -0.494. The van der Waals surface area contributed by atoms with Crippen molar-refractivity contribution < 1.29 is 38.0 Å². The average molecular weight is 645 g/mol. The third kappa shape index (κ3) is 13.7. The van der Waals surface area contributed by atoms with Gasteiger partial charge in [0.25, 0.3) is 0 Å². The zero-order chi connectivity index (χ0) is 33.9. The molecule has 2 atom stereocenters. The van der Waals surface area contributed by atoms with E-state index in [-0.39, 0.29) is 0 Å². The molecule has 0 spiro atoms. The Bertz CT molecular complexity index is 1400. The van der Waals surface area contributed by atoms with Crippen molar-refractivity contribution in [2.24, 2.45) is 11.8 Å². The van der Waals surface area contributed by atoms with Crippen LogP contribution in [-0.4, -0.2) is 38.4 Å². The van der Waals surface area contributed by atoms with Crippen LogP contribution in [0.2, 0.25) is 0 Å². The van der Waals surface area contributed by atoms with Crippen molar-refractivity contribution in [3.8, 4) is 23.0 Å². The molecule has 0 aliphatic carbocycles. The maximum absolute atomic E-state index is 12.8. The molecule has 0 amide bonds. The van der Waals surface area contributed by atoms with Crippen LogP contribution in [0.5, 0.6) is 23.0 Å². The Morgan fingerprint density at radius 3 is 1.51 bits per heavy atom. The number of esters is 2. The molecule has 0 aliphatic rings. The van der Waals surface area contributed by atoms with E-state index in [4.69, 9.17) is 28.4 Å². The van der Waals surface area contributed by atoms with Crippen molar-refractivity contribution in [3.05, 3.63) is 109 Å². The third-order valence-corrected chi connectivity index (χ3v) is 7.65. The molecule has 3 rings (SSSR count). The maximum atomic E-state index is 12.8. The molecule has 252 valence electrons. The van der Waals surface area contributed by atoms with Crippen LogP contribution >= 0.6 is 0 Å². The summed E-state index contributed by atoms with van der Waals surface area (Å²) in [6.45, 7) is 15.8. The van der Waals surface area contributed by atoms with Crippen LogP contribution < -0.4 is 18.9 Å². The van der Waals surface area contributed by atoms with E-state index in [1.807, 2.05) is 0 Å². The van der Waals surface area contributed by atoms with Crippen LogP contribution in [0.15, 0.2) is 92.4 Å². The number of carbonyl (C=O) groups excluding carboxylic acids is 2. The molecule has 0 fully saturated rings. The lowest BCUT2D eigenvalue weighted by Gasteiger charge is -2.13. The summed E-state index contributed by atoms with van der Waals surface area (Å²) in [5, 5.41) is 0. The van der Waals surface area contributed by atoms with Crippen molar-refractivity contribution >= 4 is 11.9 Å². The van der Waals surface area contributed by atoms with Gasteiger partial charge in [-0.3, -0.25) is 0 Å². The van der Waals surface area contributed by atoms with E-state index in [0.29, 0.717) is 78.0 Å². The molecule has 2 unspecified atom stereocenters. The Hall–Kier alpha value is -4.72. The van der Waals surface area contributed by atoms with E-state index in [9.17, 15) is 9.59 Å². The van der Waals surface area contributed by atoms with Crippen LogP contribution in [0.1, 0.15) is 78.7 Å². The third-order valence-electron chi connectivity index (χ3n) is 7.65. The monoisotopic (exact) mass is 644 g/mol. The number of carbonyl (C=O) groups is 2. The highest BCUT2D eigenvalue weighted by atomic mass is 16.5. The van der Waals surface area contributed by atoms with Gasteiger partial charge in [-0.25, -0.2) is 9.59 Å². The van der Waals surface area contributed by atoms with Crippen LogP contribution in [-0.2, 0) is 9.47 Å². The Morgan fingerprint density at radius 1 is 0.617 bits per heavy atom. The highest BCUT2D eigenvalue weighted by Gasteiger charge is 2.14. The fourth-order valence-electron chi connectivity index (χ4n) is 4.74. The normalized spacial score (nSPS) is 11.9. The quantitative estimate of drug-likeness (QED) is 0.0463. The first-order chi connectivity index (χ1) is 22.8. The van der Waals surface area contributed by atoms with Crippen molar-refractivity contribution in [2.45, 2.75) is 59.3 Å². The Balaban J connectivity index is 1.41. The molecule has 8 nitrogen and oxygen atoms in total. The van der Waals surface area contributed by atoms with Crippen molar-refractivity contribution in [3.63, 3.8) is 0 Å². The molecule has 0 radical (unpaired) electrons. The molecule has 47 heavy (non-hydrogen) atoms. The van der Waals surface area contributed by atoms with E-state index in [2.05, 4.69) is 27.0 Å². The number of ether oxygens (including phenoxy) is 6. The van der Waals surface area contributed by atoms with E-state index in [1.165, 1.54) is 12.5 Å². The fraction of sp³-hybridized carbons (Fsp3) is 0.385. The fourth-order valence-corrected chi connectivity index (χ4v) is 4.74. The maximum Gasteiger partial charge on any atom is 0.343 e. The van der Waals surface area contributed by atoms with Gasteiger partial charge in [-0.15, -0.1) is 0 Å². The molecule has 0 saturated heterocycles. The number of aryl methyl sites for hydroxylation is 1. The Labute approximate surface area is 279 Å². The van der Waals surface area contributed by atoms with E-state index in [1.54, 1.807) is 73.7 Å². The number of hydrogen-bond acceptors (Lipinski definition) is 8. The molecule has 0 aromatic heterocycles. The van der Waals surface area contributed by atoms with Crippen LogP contribution in [0.4, 0.5) is 0 Å². The minimum absolute atomic E-state index is 0.348. The predicted molar refractivity (Wildman–Crippen MR) is 183 cm³/mol. The molecule has 0 saturated carbocycles. The first-order valence-corrected chi connectivity index (χ1v) is 16.2. The number of rotatable bonds is 22. The summed E-state index contributed by atoms with van der Waals surface area (Å²) in [5.41, 5.74) is 1.46. The highest BCUT2D eigenvalue weighted by Crippen LogP contribution is 2.26. The average Bonchev–Trinajstić information content (AvgIpc) is 3.07. The SMILES string of the molecule is C=COCCCC(C)CCOc1ccc(C(=O)Oc2ccc(OC(=O)c3ccc(OCCC(C)CCCOC=C)cc3)c(C)c2)cc1. The first-order valence-electron chi connectivity index (χ1n) is 16.2. The molecule has 0 bridgehead atoms. The van der Waals surface area contributed by atoms with Gasteiger partial charge in [0, 0.05) is 0 Å². The summed E-state index contributed by atoms with van der Waals surface area (Å²) in [5.74, 6) is 2.17. The zero-order valence-electron chi connectivity index (χ0n) is 27.9. The van der Waals surface area contributed by atoms with Gasteiger partial charge >= 0.3 is 11.9 Å². The predicted octanol–water partition coefficient (Wildman–Crippen LogP) is 9.12.